The molecule has 0 radical (unpaired) electrons. The number of phosphoric acid groups is 6. The Bertz CT molecular complexity index is 3420. The van der Waals surface area contributed by atoms with Crippen LogP contribution >= 0.6 is 46.9 Å². The van der Waals surface area contributed by atoms with Crippen molar-refractivity contribution in [1.29, 1.82) is 0 Å². The molecule has 3 heterocycles. The fourth-order valence-electron chi connectivity index (χ4n) is 7.45. The van der Waals surface area contributed by atoms with Gasteiger partial charge in [0.05, 0.1) is 24.9 Å². The van der Waals surface area contributed by atoms with Crippen molar-refractivity contribution in [1.82, 2.24) is 9.55 Å². The summed E-state index contributed by atoms with van der Waals surface area (Å²) in [5.74, 6) is -0.568. The predicted molar refractivity (Wildman–Crippen MR) is 256 cm³/mol. The van der Waals surface area contributed by atoms with Crippen molar-refractivity contribution in [3.63, 3.8) is 0 Å². The zero-order chi connectivity index (χ0) is 55.5. The molecule has 1 aromatic heterocycles. The number of carbonyl (C=O) groups excluding carboxylic acids is 1. The van der Waals surface area contributed by atoms with Crippen LogP contribution in [0.25, 0.3) is 12.2 Å². The molecular weight excluding hydrogens is 1130 g/mol. The SMILES string of the molecule is C=c1ccc2c(c1)Oc1cc(C)ccc1C=2c1ccc(C(=O)CCCCCCCOP(=O)(O)OP(=O)(O)OP(=O)(O)OP(=O)(O)OP(=O)(O)OP(=O)(O)OC[C@H]2O[C@@H](n3cc(C)c(=O)[nH]c3=O)CC2O)cc1C(=O)O. The van der Waals surface area contributed by atoms with Crippen LogP contribution in [-0.2, 0) is 62.7 Å². The topological polar surface area (TPSA) is 436 Å². The van der Waals surface area contributed by atoms with E-state index in [1.165, 1.54) is 13.0 Å². The molecule has 9 atom stereocenters. The number of carbonyl (C=O) groups is 2. The van der Waals surface area contributed by atoms with E-state index in [1.807, 2.05) is 30.1 Å². The number of rotatable bonds is 26. The predicted octanol–water partition coefficient (Wildman–Crippen LogP) is 5.21. The Hall–Kier alpha value is -4.20. The van der Waals surface area contributed by atoms with Gasteiger partial charge in [0.1, 0.15) is 23.8 Å². The van der Waals surface area contributed by atoms with Gasteiger partial charge in [0.25, 0.3) is 5.56 Å². The highest BCUT2D eigenvalue weighted by Gasteiger charge is 2.50. The number of H-pyrrole nitrogens is 1. The van der Waals surface area contributed by atoms with Crippen molar-refractivity contribution in [2.24, 2.45) is 0 Å². The number of aryl methyl sites for hydroxylation is 2. The highest BCUT2D eigenvalue weighted by atomic mass is 31.3. The summed E-state index contributed by atoms with van der Waals surface area (Å²) in [7, 11) is -37.2. The lowest BCUT2D eigenvalue weighted by molar-refractivity contribution is -0.0450. The van der Waals surface area contributed by atoms with Crippen LogP contribution in [0.5, 0.6) is 11.5 Å². The maximum Gasteiger partial charge on any atom is 0.490 e. The van der Waals surface area contributed by atoms with Gasteiger partial charge >= 0.3 is 58.6 Å². The average molecular weight is 1170 g/mol. The van der Waals surface area contributed by atoms with Crippen LogP contribution in [0.3, 0.4) is 0 Å². The van der Waals surface area contributed by atoms with Gasteiger partial charge in [-0.2, -0.15) is 21.6 Å². The Morgan fingerprint density at radius 2 is 1.29 bits per heavy atom. The van der Waals surface area contributed by atoms with Crippen LogP contribution < -0.4 is 26.4 Å². The largest absolute Gasteiger partial charge is 0.490 e. The number of ether oxygens (including phenoxy) is 2. The molecule has 29 nitrogen and oxygen atoms in total. The van der Waals surface area contributed by atoms with E-state index in [-0.39, 0.29) is 41.7 Å². The lowest BCUT2D eigenvalue weighted by Gasteiger charge is -2.22. The number of unbranched alkanes of at least 4 members (excludes halogenated alkanes) is 4. The lowest BCUT2D eigenvalue weighted by atomic mass is 9.88. The van der Waals surface area contributed by atoms with E-state index in [9.17, 15) is 86.1 Å². The number of aliphatic hydroxyl groups excluding tert-OH is 1. The van der Waals surface area contributed by atoms with Crippen LogP contribution in [0, 0.1) is 13.8 Å². The Morgan fingerprint density at radius 1 is 0.720 bits per heavy atom. The minimum Gasteiger partial charge on any atom is -0.478 e. The van der Waals surface area contributed by atoms with E-state index in [4.69, 9.17) is 9.47 Å². The van der Waals surface area contributed by atoms with Crippen molar-refractivity contribution >= 4 is 70.8 Å². The average Bonchev–Trinajstić information content (AvgIpc) is 3.63. The Balaban J connectivity index is 0.916. The second-order valence-electron chi connectivity index (χ2n) is 16.6. The summed E-state index contributed by atoms with van der Waals surface area (Å²) in [5, 5.41) is 21.9. The van der Waals surface area contributed by atoms with Gasteiger partial charge < -0.3 is 49.0 Å². The number of phosphoric ester groups is 2. The maximum atomic E-state index is 13.2. The van der Waals surface area contributed by atoms with Crippen molar-refractivity contribution in [2.75, 3.05) is 13.2 Å². The normalized spacial score (nSPS) is 21.2. The molecule has 3 aromatic carbocycles. The standard InChI is InChI=1S/C40H48N2O27P6/c1-23-10-13-28-33(17-23)63-34-18-24(2)11-14-29(34)37(28)27-15-12-26(19-30(27)39(46)47)31(43)9-7-5-4-6-8-16-61-70(49,50)65-72(53,54)67-74(57,58)69-75(59,60)68-73(55,56)66-71(51,52)62-22-35-32(44)20-36(64-35)42-21-25(3)38(45)41-40(42)48/h10-15,17-19,21,32,35-36,44H,1,4-9,16,20,22H2,2-3H3,(H,46,47)(H,49,50)(H,51,52)(H,53,54)(H,55,56)(H,57,58)(H,59,60)(H,41,45,48)/t32?,35-,36-/m1/s1. The van der Waals surface area contributed by atoms with Gasteiger partial charge in [0.2, 0.25) is 0 Å². The molecule has 1 fully saturated rings. The highest BCUT2D eigenvalue weighted by molar-refractivity contribution is 7.72. The van der Waals surface area contributed by atoms with E-state index in [2.05, 4.69) is 37.2 Å². The zero-order valence-electron chi connectivity index (χ0n) is 39.0. The van der Waals surface area contributed by atoms with Crippen molar-refractivity contribution in [2.45, 2.75) is 77.2 Å². The van der Waals surface area contributed by atoms with Crippen LogP contribution in [0.1, 0.15) is 94.1 Å². The van der Waals surface area contributed by atoms with Gasteiger partial charge in [-0.05, 0) is 61.2 Å². The molecule has 35 heteroatoms. The number of hydrogen-bond acceptors (Lipinski definition) is 20. The monoisotopic (exact) mass is 1170 g/mol. The Morgan fingerprint density at radius 3 is 1.92 bits per heavy atom. The molecule has 0 aliphatic carbocycles. The number of aliphatic hydroxyl groups is 1. The third-order valence-electron chi connectivity index (χ3n) is 10.7. The summed E-state index contributed by atoms with van der Waals surface area (Å²) >= 11 is 0. The summed E-state index contributed by atoms with van der Waals surface area (Å²) in [6.45, 7) is 5.45. The quantitative estimate of drug-likeness (QED) is 0.0195. The van der Waals surface area contributed by atoms with Gasteiger partial charge in [-0.1, -0.05) is 62.2 Å². The number of carboxylic acid groups (broad SMARTS) is 1. The van der Waals surface area contributed by atoms with Gasteiger partial charge in [-0.15, -0.1) is 0 Å². The summed E-state index contributed by atoms with van der Waals surface area (Å²) in [6, 6.07) is 15.3. The Kier molecular flexibility index (Phi) is 19.1. The number of carboxylic acids is 1. The molecule has 9 N–H and O–H groups in total. The number of aromatic nitrogens is 2. The molecular formula is C40H48N2O27P6. The first-order chi connectivity index (χ1) is 34.7. The fraction of sp³-hybridized carbons (Fsp3) is 0.350. The molecule has 7 unspecified atom stereocenters. The maximum absolute atomic E-state index is 13.2. The first kappa shape index (κ1) is 60.0. The van der Waals surface area contributed by atoms with Gasteiger partial charge in [-0.3, -0.25) is 28.2 Å². The summed E-state index contributed by atoms with van der Waals surface area (Å²) < 4.78 is 114. The molecule has 1 saturated heterocycles. The van der Waals surface area contributed by atoms with E-state index in [0.717, 1.165) is 16.3 Å². The number of nitrogens with zero attached hydrogens (tertiary/aromatic N) is 1. The molecule has 410 valence electrons. The Labute approximate surface area is 423 Å². The van der Waals surface area contributed by atoms with Crippen LogP contribution in [0.4, 0.5) is 0 Å². The molecule has 0 bridgehead atoms. The number of ketones is 1. The summed E-state index contributed by atoms with van der Waals surface area (Å²) in [4.78, 5) is 111. The number of benzene rings is 3. The minimum absolute atomic E-state index is 0.00655. The van der Waals surface area contributed by atoms with Crippen LogP contribution in [0.15, 0.2) is 70.4 Å². The lowest BCUT2D eigenvalue weighted by Crippen LogP contribution is -2.33. The van der Waals surface area contributed by atoms with Crippen molar-refractivity contribution in [3.05, 3.63) is 125 Å². The second kappa shape index (κ2) is 23.8. The number of aromatic amines is 1. The zero-order valence-corrected chi connectivity index (χ0v) is 44.4. The summed E-state index contributed by atoms with van der Waals surface area (Å²) in [6.07, 6.45) is -1.98. The van der Waals surface area contributed by atoms with Crippen molar-refractivity contribution < 1.29 is 117 Å². The number of Topliss-reactive ketones (excluding diaryl/α,β-unsaturated/α-hetero) is 1. The van der Waals surface area contributed by atoms with E-state index in [1.54, 1.807) is 30.3 Å². The molecule has 75 heavy (non-hydrogen) atoms. The van der Waals surface area contributed by atoms with Crippen molar-refractivity contribution in [3.8, 4) is 11.5 Å². The third-order valence-corrected chi connectivity index (χ3v) is 19.9. The molecule has 0 spiro atoms. The van der Waals surface area contributed by atoms with Gasteiger partial charge in [0, 0.05) is 46.5 Å². The molecule has 4 aromatic rings. The highest BCUT2D eigenvalue weighted by Crippen LogP contribution is 2.75. The van der Waals surface area contributed by atoms with Gasteiger partial charge in [0.15, 0.2) is 5.78 Å². The number of nitrogens with one attached hydrogen (secondary N) is 1. The van der Waals surface area contributed by atoms with Crippen LogP contribution in [0.2, 0.25) is 0 Å². The molecule has 2 aliphatic rings. The van der Waals surface area contributed by atoms with Crippen LogP contribution in [-0.4, -0.2) is 86.3 Å². The second-order valence-corrected chi connectivity index (χ2v) is 26.0. The summed E-state index contributed by atoms with van der Waals surface area (Å²) in [5.41, 5.74) is 1.04. The smallest absolute Gasteiger partial charge is 0.478 e. The third kappa shape index (κ3) is 16.7. The van der Waals surface area contributed by atoms with E-state index in [0.29, 0.717) is 64.3 Å². The molecule has 6 rings (SSSR count). The minimum atomic E-state index is -6.53. The number of aromatic carboxylic acids is 1. The first-order valence-corrected chi connectivity index (χ1v) is 30.7. The van der Waals surface area contributed by atoms with E-state index >= 15 is 0 Å². The molecule has 2 aliphatic heterocycles. The number of hydrogen-bond donors (Lipinski definition) is 9. The van der Waals surface area contributed by atoms with E-state index < -0.39 is 95.8 Å². The first-order valence-electron chi connectivity index (χ1n) is 21.7. The van der Waals surface area contributed by atoms with Gasteiger partial charge in [-0.25, -0.2) is 37.0 Å². The molecule has 0 saturated carbocycles. The molecule has 0 amide bonds. The fourth-order valence-corrected chi connectivity index (χ4v) is 15.3. The number of fused-ring (bicyclic) bond motifs is 2.